The standard InChI is InChI=1S/C34H33ClN4O2/c1-3-17-34(36,18-4-2)25-13-15-26(16-14-25)38-39-31-27-20-23-10-6-5-9-22(23)19-24(27)21-28(32(31)40)33(41)37-30-12-8-7-11-29(30)35/h5-16,19-21,40H,3-4,17-18,36H2,1-2H3,(H,37,41). The van der Waals surface area contributed by atoms with Crippen LogP contribution in [0.25, 0.3) is 21.5 Å². The number of para-hydroxylation sites is 1. The molecule has 5 aromatic carbocycles. The highest BCUT2D eigenvalue weighted by molar-refractivity contribution is 6.34. The van der Waals surface area contributed by atoms with Crippen molar-refractivity contribution >= 4 is 56.1 Å². The van der Waals surface area contributed by atoms with Crippen molar-refractivity contribution in [3.63, 3.8) is 0 Å². The first-order valence-electron chi connectivity index (χ1n) is 13.9. The maximum absolute atomic E-state index is 13.3. The Balaban J connectivity index is 1.57. The highest BCUT2D eigenvalue weighted by atomic mass is 35.5. The van der Waals surface area contributed by atoms with Gasteiger partial charge in [-0.1, -0.05) is 86.8 Å². The highest BCUT2D eigenvalue weighted by Crippen LogP contribution is 2.41. The van der Waals surface area contributed by atoms with Crippen LogP contribution in [0.1, 0.15) is 55.5 Å². The molecule has 0 aromatic heterocycles. The average molecular weight is 565 g/mol. The predicted molar refractivity (Wildman–Crippen MR) is 169 cm³/mol. The molecule has 0 aliphatic carbocycles. The molecule has 0 radical (unpaired) electrons. The first-order chi connectivity index (χ1) is 19.8. The number of azo groups is 1. The number of carbonyl (C=O) groups excluding carboxylic acids is 1. The second kappa shape index (κ2) is 12.1. The van der Waals surface area contributed by atoms with E-state index in [-0.39, 0.29) is 22.5 Å². The number of nitrogens with two attached hydrogens (primary N) is 1. The summed E-state index contributed by atoms with van der Waals surface area (Å²) in [5.74, 6) is -0.762. The van der Waals surface area contributed by atoms with Crippen LogP contribution in [0.15, 0.2) is 101 Å². The minimum Gasteiger partial charge on any atom is -0.505 e. The molecule has 5 aromatic rings. The largest absolute Gasteiger partial charge is 0.505 e. The quantitative estimate of drug-likeness (QED) is 0.123. The molecule has 0 fully saturated rings. The Morgan fingerprint density at radius 1 is 0.854 bits per heavy atom. The zero-order valence-electron chi connectivity index (χ0n) is 23.2. The van der Waals surface area contributed by atoms with Crippen LogP contribution in [0.2, 0.25) is 5.02 Å². The minimum absolute atomic E-state index is 0.0732. The van der Waals surface area contributed by atoms with E-state index in [1.54, 1.807) is 30.3 Å². The van der Waals surface area contributed by atoms with Crippen LogP contribution in [0, 0.1) is 0 Å². The minimum atomic E-state index is -0.502. The maximum Gasteiger partial charge on any atom is 0.259 e. The normalized spacial score (nSPS) is 11.9. The third-order valence-electron chi connectivity index (χ3n) is 7.42. The van der Waals surface area contributed by atoms with Crippen molar-refractivity contribution in [2.24, 2.45) is 16.0 Å². The number of halogens is 1. The van der Waals surface area contributed by atoms with Crippen LogP contribution in [0.5, 0.6) is 5.75 Å². The monoisotopic (exact) mass is 564 g/mol. The fraction of sp³-hybridized carbons (Fsp3) is 0.206. The van der Waals surface area contributed by atoms with E-state index < -0.39 is 5.91 Å². The number of nitrogens with one attached hydrogen (secondary N) is 1. The number of fused-ring (bicyclic) bond motifs is 2. The molecule has 0 spiro atoms. The van der Waals surface area contributed by atoms with Crippen LogP contribution in [-0.2, 0) is 5.54 Å². The van der Waals surface area contributed by atoms with Crippen molar-refractivity contribution in [3.8, 4) is 5.75 Å². The van der Waals surface area contributed by atoms with E-state index in [9.17, 15) is 9.90 Å². The lowest BCUT2D eigenvalue weighted by Crippen LogP contribution is -2.36. The fourth-order valence-corrected chi connectivity index (χ4v) is 5.54. The van der Waals surface area contributed by atoms with Crippen LogP contribution >= 0.6 is 11.6 Å². The Morgan fingerprint density at radius 2 is 1.49 bits per heavy atom. The number of amides is 1. The Morgan fingerprint density at radius 3 is 2.15 bits per heavy atom. The van der Waals surface area contributed by atoms with Gasteiger partial charge in [0.05, 0.1) is 22.0 Å². The summed E-state index contributed by atoms with van der Waals surface area (Å²) in [7, 11) is 0. The number of phenolic OH excluding ortho intramolecular Hbond substituents is 1. The number of benzene rings is 5. The molecule has 208 valence electrons. The molecular formula is C34H33ClN4O2. The van der Waals surface area contributed by atoms with Crippen molar-refractivity contribution in [1.29, 1.82) is 0 Å². The van der Waals surface area contributed by atoms with Gasteiger partial charge in [0.15, 0.2) is 5.75 Å². The molecule has 5 rings (SSSR count). The summed E-state index contributed by atoms with van der Waals surface area (Å²) in [5, 5.41) is 26.9. The van der Waals surface area contributed by atoms with Crippen LogP contribution in [0.3, 0.4) is 0 Å². The van der Waals surface area contributed by atoms with Gasteiger partial charge < -0.3 is 16.2 Å². The van der Waals surface area contributed by atoms with Gasteiger partial charge in [0.1, 0.15) is 5.69 Å². The average Bonchev–Trinajstić information content (AvgIpc) is 2.97. The van der Waals surface area contributed by atoms with Gasteiger partial charge in [0.25, 0.3) is 5.91 Å². The second-order valence-corrected chi connectivity index (χ2v) is 10.8. The molecule has 0 unspecified atom stereocenters. The zero-order chi connectivity index (χ0) is 29.0. The van der Waals surface area contributed by atoms with Crippen molar-refractivity contribution < 1.29 is 9.90 Å². The van der Waals surface area contributed by atoms with Gasteiger partial charge in [-0.15, -0.1) is 5.11 Å². The number of nitrogens with zero attached hydrogens (tertiary/aromatic N) is 2. The lowest BCUT2D eigenvalue weighted by atomic mass is 9.83. The number of rotatable bonds is 9. The van der Waals surface area contributed by atoms with E-state index in [0.29, 0.717) is 21.8 Å². The molecule has 1 amide bonds. The summed E-state index contributed by atoms with van der Waals surface area (Å²) in [5.41, 5.74) is 8.80. The van der Waals surface area contributed by atoms with Crippen molar-refractivity contribution in [1.82, 2.24) is 0 Å². The summed E-state index contributed by atoms with van der Waals surface area (Å²) in [6.45, 7) is 4.28. The molecule has 6 nitrogen and oxygen atoms in total. The summed E-state index contributed by atoms with van der Waals surface area (Å²) < 4.78 is 0. The third-order valence-corrected chi connectivity index (χ3v) is 7.75. The molecule has 0 aliphatic rings. The number of hydrogen-bond acceptors (Lipinski definition) is 5. The van der Waals surface area contributed by atoms with Crippen molar-refractivity contribution in [3.05, 3.63) is 107 Å². The van der Waals surface area contributed by atoms with E-state index in [4.69, 9.17) is 17.3 Å². The topological polar surface area (TPSA) is 100 Å². The number of carbonyl (C=O) groups is 1. The van der Waals surface area contributed by atoms with Gasteiger partial charge >= 0.3 is 0 Å². The Labute approximate surface area is 244 Å². The van der Waals surface area contributed by atoms with Crippen molar-refractivity contribution in [2.45, 2.75) is 45.1 Å². The first-order valence-corrected chi connectivity index (χ1v) is 14.3. The van der Waals surface area contributed by atoms with E-state index in [0.717, 1.165) is 47.4 Å². The maximum atomic E-state index is 13.3. The number of aromatic hydroxyl groups is 1. The van der Waals surface area contributed by atoms with Crippen molar-refractivity contribution in [2.75, 3.05) is 5.32 Å². The van der Waals surface area contributed by atoms with E-state index in [1.165, 1.54) is 0 Å². The van der Waals surface area contributed by atoms with Crippen LogP contribution in [0.4, 0.5) is 17.1 Å². The summed E-state index contributed by atoms with van der Waals surface area (Å²) in [6.07, 6.45) is 3.80. The summed E-state index contributed by atoms with van der Waals surface area (Å²) in [4.78, 5) is 13.3. The van der Waals surface area contributed by atoms with Gasteiger partial charge in [-0.25, -0.2) is 0 Å². The molecule has 0 saturated heterocycles. The Kier molecular flexibility index (Phi) is 8.34. The summed E-state index contributed by atoms with van der Waals surface area (Å²) in [6, 6.07) is 28.2. The second-order valence-electron chi connectivity index (χ2n) is 10.4. The molecule has 0 atom stereocenters. The summed E-state index contributed by atoms with van der Waals surface area (Å²) >= 11 is 6.26. The van der Waals surface area contributed by atoms with Crippen LogP contribution in [-0.4, -0.2) is 11.0 Å². The molecular weight excluding hydrogens is 532 g/mol. The van der Waals surface area contributed by atoms with E-state index in [1.807, 2.05) is 60.7 Å². The van der Waals surface area contributed by atoms with Gasteiger partial charge in [-0.2, -0.15) is 5.11 Å². The van der Waals surface area contributed by atoms with Crippen LogP contribution < -0.4 is 11.1 Å². The first kappa shape index (κ1) is 28.3. The molecule has 4 N–H and O–H groups in total. The SMILES string of the molecule is CCCC(N)(CCC)c1ccc(N=Nc2c(O)c(C(=O)Nc3ccccc3Cl)cc3cc4ccccc4cc23)cc1. The van der Waals surface area contributed by atoms with Gasteiger partial charge in [0, 0.05) is 10.9 Å². The molecule has 0 aliphatic heterocycles. The smallest absolute Gasteiger partial charge is 0.259 e. The molecule has 7 heteroatoms. The van der Waals surface area contributed by atoms with Gasteiger partial charge in [0.2, 0.25) is 0 Å². The number of hydrogen-bond donors (Lipinski definition) is 3. The molecule has 0 heterocycles. The lowest BCUT2D eigenvalue weighted by Gasteiger charge is -2.29. The number of anilines is 1. The Bertz CT molecular complexity index is 1740. The number of phenols is 1. The third kappa shape index (κ3) is 5.94. The fourth-order valence-electron chi connectivity index (χ4n) is 5.36. The van der Waals surface area contributed by atoms with Gasteiger partial charge in [-0.05, 0) is 77.0 Å². The molecule has 0 bridgehead atoms. The molecule has 41 heavy (non-hydrogen) atoms. The lowest BCUT2D eigenvalue weighted by molar-refractivity contribution is 0.102. The highest BCUT2D eigenvalue weighted by Gasteiger charge is 2.25. The molecule has 0 saturated carbocycles. The van der Waals surface area contributed by atoms with E-state index in [2.05, 4.69) is 29.4 Å². The van der Waals surface area contributed by atoms with Gasteiger partial charge in [-0.3, -0.25) is 4.79 Å². The van der Waals surface area contributed by atoms with E-state index >= 15 is 0 Å². The predicted octanol–water partition coefficient (Wildman–Crippen LogP) is 9.77. The zero-order valence-corrected chi connectivity index (χ0v) is 23.9. The Hall–Kier alpha value is -4.26.